The van der Waals surface area contributed by atoms with Crippen LogP contribution >= 0.6 is 0 Å². The Hall–Kier alpha value is -5.15. The van der Waals surface area contributed by atoms with Crippen LogP contribution in [0.15, 0.2) is 140 Å². The average Bonchev–Trinajstić information content (AvgIpc) is 3.71. The molecule has 0 aliphatic rings. The van der Waals surface area contributed by atoms with E-state index in [2.05, 4.69) is 131 Å². The summed E-state index contributed by atoms with van der Waals surface area (Å²) in [6.07, 6.45) is 9.74. The molecule has 0 aliphatic carbocycles. The lowest BCUT2D eigenvalue weighted by molar-refractivity contribution is 1.06. The molecule has 2 aromatic heterocycles. The van der Waals surface area contributed by atoms with E-state index in [9.17, 15) is 0 Å². The highest BCUT2D eigenvalue weighted by Gasteiger charge is 2.12. The van der Waals surface area contributed by atoms with Gasteiger partial charge >= 0.3 is 0 Å². The minimum Gasteiger partial charge on any atom is -0.324 e. The first kappa shape index (κ1) is 21.0. The molecule has 2 heterocycles. The molecule has 178 valence electrons. The molecule has 0 saturated carbocycles. The van der Waals surface area contributed by atoms with Crippen molar-refractivity contribution in [2.75, 3.05) is 0 Å². The van der Waals surface area contributed by atoms with Gasteiger partial charge in [-0.1, -0.05) is 48.5 Å². The smallest absolute Gasteiger partial charge is 0.0991 e. The van der Waals surface area contributed by atoms with Crippen molar-refractivity contribution in [2.45, 2.75) is 0 Å². The van der Waals surface area contributed by atoms with Gasteiger partial charge in [-0.3, -0.25) is 0 Å². The highest BCUT2D eigenvalue weighted by Crippen LogP contribution is 2.39. The monoisotopic (exact) mass is 485 g/mol. The van der Waals surface area contributed by atoms with Crippen LogP contribution in [0, 0.1) is 0 Å². The van der Waals surface area contributed by atoms with E-state index >= 15 is 0 Å². The minimum absolute atomic E-state index is 1.11. The highest BCUT2D eigenvalue weighted by atomic mass is 15.0. The largest absolute Gasteiger partial charge is 0.324 e. The predicted molar refractivity (Wildman–Crippen MR) is 157 cm³/mol. The number of nitrogens with zero attached hydrogens (tertiary/aromatic N) is 3. The Kier molecular flexibility index (Phi) is 4.52. The number of benzene rings is 6. The number of hydrogen-bond donors (Lipinski definition) is 0. The minimum atomic E-state index is 1.11. The van der Waals surface area contributed by atoms with Crippen LogP contribution in [0.4, 0.5) is 0 Å². The molecule has 0 unspecified atom stereocenters. The van der Waals surface area contributed by atoms with Crippen molar-refractivity contribution in [2.24, 2.45) is 0 Å². The number of aromatic nitrogens is 3. The van der Waals surface area contributed by atoms with Crippen molar-refractivity contribution in [3.63, 3.8) is 0 Å². The summed E-state index contributed by atoms with van der Waals surface area (Å²) in [5, 5.41) is 7.80. The van der Waals surface area contributed by atoms with Gasteiger partial charge < -0.3 is 9.13 Å². The third-order valence-corrected chi connectivity index (χ3v) is 7.64. The molecule has 3 heteroatoms. The molecule has 0 radical (unpaired) electrons. The molecule has 0 aliphatic heterocycles. The van der Waals surface area contributed by atoms with Crippen molar-refractivity contribution in [3.8, 4) is 33.6 Å². The standard InChI is InChI=1S/C35H23N3/c1-2-17-37(16-1)32-11-7-24(8-12-32)30-19-26-3-5-28-21-31(22-29-6-4-27(20-30)34(26)35(28)29)25-9-13-33(14-10-25)38-18-15-36-23-38/h1-23H. The zero-order chi connectivity index (χ0) is 25.1. The second-order valence-corrected chi connectivity index (χ2v) is 9.88. The number of imidazole rings is 1. The summed E-state index contributed by atoms with van der Waals surface area (Å²) in [5.74, 6) is 0. The Morgan fingerprint density at radius 2 is 0.868 bits per heavy atom. The SMILES string of the molecule is c1ccn(-c2ccc(-c3cc4ccc5cc(-c6ccc(-n7ccnc7)cc6)cc6ccc(c3)c4c56)cc2)c1. The molecular weight excluding hydrogens is 462 g/mol. The molecule has 38 heavy (non-hydrogen) atoms. The Balaban J connectivity index is 1.21. The van der Waals surface area contributed by atoms with Gasteiger partial charge in [-0.2, -0.15) is 0 Å². The van der Waals surface area contributed by atoms with Crippen molar-refractivity contribution in [1.82, 2.24) is 14.1 Å². The normalized spacial score (nSPS) is 11.7. The van der Waals surface area contributed by atoms with E-state index in [-0.39, 0.29) is 0 Å². The van der Waals surface area contributed by atoms with E-state index in [0.717, 1.165) is 5.69 Å². The lowest BCUT2D eigenvalue weighted by atomic mass is 9.89. The first-order valence-corrected chi connectivity index (χ1v) is 12.9. The van der Waals surface area contributed by atoms with Crippen molar-refractivity contribution < 1.29 is 0 Å². The molecular formula is C35H23N3. The summed E-state index contributed by atoms with van der Waals surface area (Å²) >= 11 is 0. The molecule has 0 bridgehead atoms. The quantitative estimate of drug-likeness (QED) is 0.228. The third kappa shape index (κ3) is 3.33. The molecule has 0 atom stereocenters. The average molecular weight is 486 g/mol. The topological polar surface area (TPSA) is 22.8 Å². The van der Waals surface area contributed by atoms with Crippen molar-refractivity contribution in [1.29, 1.82) is 0 Å². The van der Waals surface area contributed by atoms with Gasteiger partial charge in [0.05, 0.1) is 6.33 Å². The van der Waals surface area contributed by atoms with E-state index in [1.54, 1.807) is 6.20 Å². The van der Waals surface area contributed by atoms with Crippen LogP contribution in [0.25, 0.3) is 65.9 Å². The molecule has 8 rings (SSSR count). The Morgan fingerprint density at radius 3 is 1.29 bits per heavy atom. The maximum absolute atomic E-state index is 4.16. The van der Waals surface area contributed by atoms with E-state index in [0.29, 0.717) is 0 Å². The lowest BCUT2D eigenvalue weighted by Crippen LogP contribution is -1.90. The molecule has 0 N–H and O–H groups in total. The molecule has 0 fully saturated rings. The van der Waals surface area contributed by atoms with Crippen LogP contribution in [0.3, 0.4) is 0 Å². The van der Waals surface area contributed by atoms with Gasteiger partial charge in [0, 0.05) is 36.2 Å². The van der Waals surface area contributed by atoms with Gasteiger partial charge in [0.1, 0.15) is 0 Å². The fourth-order valence-electron chi connectivity index (χ4n) is 5.74. The fourth-order valence-corrected chi connectivity index (χ4v) is 5.74. The maximum Gasteiger partial charge on any atom is 0.0991 e. The summed E-state index contributed by atoms with van der Waals surface area (Å²) < 4.78 is 4.15. The second-order valence-electron chi connectivity index (χ2n) is 9.88. The lowest BCUT2D eigenvalue weighted by Gasteiger charge is -2.15. The summed E-state index contributed by atoms with van der Waals surface area (Å²) in [6.45, 7) is 0. The second kappa shape index (κ2) is 8.19. The van der Waals surface area contributed by atoms with Crippen LogP contribution in [-0.2, 0) is 0 Å². The zero-order valence-electron chi connectivity index (χ0n) is 20.6. The van der Waals surface area contributed by atoms with Crippen LogP contribution < -0.4 is 0 Å². The van der Waals surface area contributed by atoms with Gasteiger partial charge in [-0.25, -0.2) is 4.98 Å². The van der Waals surface area contributed by atoms with Crippen molar-refractivity contribution in [3.05, 3.63) is 140 Å². The van der Waals surface area contributed by atoms with Gasteiger partial charge in [-0.05, 0) is 115 Å². The van der Waals surface area contributed by atoms with Crippen molar-refractivity contribution >= 4 is 32.3 Å². The third-order valence-electron chi connectivity index (χ3n) is 7.64. The Morgan fingerprint density at radius 1 is 0.421 bits per heavy atom. The Labute approximate surface area is 220 Å². The van der Waals surface area contributed by atoms with E-state index < -0.39 is 0 Å². The van der Waals surface area contributed by atoms with Crippen LogP contribution in [0.5, 0.6) is 0 Å². The summed E-state index contributed by atoms with van der Waals surface area (Å²) in [5.41, 5.74) is 7.20. The first-order valence-electron chi connectivity index (χ1n) is 12.9. The summed E-state index contributed by atoms with van der Waals surface area (Å²) in [7, 11) is 0. The molecule has 3 nitrogen and oxygen atoms in total. The van der Waals surface area contributed by atoms with Crippen LogP contribution in [0.1, 0.15) is 0 Å². The number of rotatable bonds is 4. The molecule has 6 aromatic carbocycles. The fraction of sp³-hybridized carbons (Fsp3) is 0. The van der Waals surface area contributed by atoms with Gasteiger partial charge in [-0.15, -0.1) is 0 Å². The van der Waals surface area contributed by atoms with E-state index in [1.165, 1.54) is 60.3 Å². The van der Waals surface area contributed by atoms with Gasteiger partial charge in [0.2, 0.25) is 0 Å². The molecule has 8 aromatic rings. The summed E-state index contributed by atoms with van der Waals surface area (Å²) in [4.78, 5) is 4.16. The zero-order valence-corrected chi connectivity index (χ0v) is 20.6. The molecule has 0 amide bonds. The highest BCUT2D eigenvalue weighted by molar-refractivity contribution is 6.24. The first-order chi connectivity index (χ1) is 18.8. The number of hydrogen-bond acceptors (Lipinski definition) is 1. The van der Waals surface area contributed by atoms with Gasteiger partial charge in [0.25, 0.3) is 0 Å². The molecule has 0 saturated heterocycles. The van der Waals surface area contributed by atoms with E-state index in [1.807, 2.05) is 17.1 Å². The predicted octanol–water partition coefficient (Wildman–Crippen LogP) is 8.89. The van der Waals surface area contributed by atoms with Gasteiger partial charge in [0.15, 0.2) is 0 Å². The van der Waals surface area contributed by atoms with Crippen LogP contribution in [0.2, 0.25) is 0 Å². The maximum atomic E-state index is 4.16. The van der Waals surface area contributed by atoms with Crippen LogP contribution in [-0.4, -0.2) is 14.1 Å². The summed E-state index contributed by atoms with van der Waals surface area (Å²) in [6, 6.07) is 40.0. The molecule has 0 spiro atoms. The Bertz CT molecular complexity index is 1810. The van der Waals surface area contributed by atoms with E-state index in [4.69, 9.17) is 0 Å².